The van der Waals surface area contributed by atoms with E-state index in [2.05, 4.69) is 47.6 Å². The molecule has 1 aliphatic heterocycles. The van der Waals surface area contributed by atoms with Crippen LogP contribution in [0.15, 0.2) is 35.3 Å². The molecule has 2 nitrogen and oxygen atoms in total. The van der Waals surface area contributed by atoms with Crippen molar-refractivity contribution in [1.82, 2.24) is 5.32 Å². The van der Waals surface area contributed by atoms with Gasteiger partial charge in [0, 0.05) is 12.3 Å². The second-order valence-corrected chi connectivity index (χ2v) is 4.61. The zero-order valence-corrected chi connectivity index (χ0v) is 9.76. The molecule has 1 atom stereocenters. The summed E-state index contributed by atoms with van der Waals surface area (Å²) in [5.74, 6) is 1.09. The van der Waals surface area contributed by atoms with Crippen molar-refractivity contribution in [2.75, 3.05) is 12.3 Å². The summed E-state index contributed by atoms with van der Waals surface area (Å²) >= 11 is 1.82. The van der Waals surface area contributed by atoms with Gasteiger partial charge >= 0.3 is 0 Å². The van der Waals surface area contributed by atoms with Crippen molar-refractivity contribution in [2.45, 2.75) is 19.4 Å². The van der Waals surface area contributed by atoms with Crippen molar-refractivity contribution in [1.29, 1.82) is 0 Å². The van der Waals surface area contributed by atoms with Crippen LogP contribution in [-0.2, 0) is 0 Å². The third kappa shape index (κ3) is 2.75. The summed E-state index contributed by atoms with van der Waals surface area (Å²) in [6, 6.07) is 11.0. The zero-order valence-electron chi connectivity index (χ0n) is 8.94. The molecule has 0 aromatic heterocycles. The van der Waals surface area contributed by atoms with Crippen LogP contribution in [0.4, 0.5) is 0 Å². The van der Waals surface area contributed by atoms with Gasteiger partial charge in [-0.1, -0.05) is 49.0 Å². The number of hydrogen-bond acceptors (Lipinski definition) is 2. The summed E-state index contributed by atoms with van der Waals surface area (Å²) in [5, 5.41) is 4.56. The summed E-state index contributed by atoms with van der Waals surface area (Å²) in [6.07, 6.45) is 1.11. The quantitative estimate of drug-likeness (QED) is 0.847. The second-order valence-electron chi connectivity index (χ2n) is 3.61. The van der Waals surface area contributed by atoms with E-state index in [0.717, 1.165) is 23.9 Å². The highest BCUT2D eigenvalue weighted by molar-refractivity contribution is 8.14. The van der Waals surface area contributed by atoms with Gasteiger partial charge in [0.2, 0.25) is 0 Å². The number of nitrogens with one attached hydrogen (secondary N) is 1. The van der Waals surface area contributed by atoms with Crippen molar-refractivity contribution in [3.05, 3.63) is 35.9 Å². The van der Waals surface area contributed by atoms with Crippen LogP contribution in [0.2, 0.25) is 0 Å². The molecule has 1 aromatic carbocycles. The predicted molar refractivity (Wildman–Crippen MR) is 67.4 cm³/mol. The van der Waals surface area contributed by atoms with Crippen LogP contribution in [0, 0.1) is 0 Å². The maximum Gasteiger partial charge on any atom is 0.157 e. The maximum absolute atomic E-state index is 4.49. The standard InChI is InChI=1S/C12H16N2S/c1-2-8-13-12-14-11(9-15-12)10-6-4-3-5-7-10/h3-7,11H,2,8-9H2,1H3,(H,13,14). The molecule has 1 heterocycles. The topological polar surface area (TPSA) is 24.4 Å². The fraction of sp³-hybridized carbons (Fsp3) is 0.417. The number of aliphatic imine (C=N–C) groups is 1. The van der Waals surface area contributed by atoms with E-state index in [1.165, 1.54) is 5.56 Å². The first kappa shape index (κ1) is 10.6. The SMILES string of the molecule is CCCN=C1NC(c2ccccc2)CS1. The lowest BCUT2D eigenvalue weighted by Crippen LogP contribution is -2.19. The summed E-state index contributed by atoms with van der Waals surface area (Å²) in [4.78, 5) is 4.49. The van der Waals surface area contributed by atoms with Gasteiger partial charge in [-0.25, -0.2) is 0 Å². The average Bonchev–Trinajstić information content (AvgIpc) is 2.76. The van der Waals surface area contributed by atoms with Crippen molar-refractivity contribution in [2.24, 2.45) is 4.99 Å². The van der Waals surface area contributed by atoms with Crippen molar-refractivity contribution in [3.8, 4) is 0 Å². The number of thioether (sulfide) groups is 1. The van der Waals surface area contributed by atoms with Gasteiger partial charge in [0.15, 0.2) is 5.17 Å². The molecular weight excluding hydrogens is 204 g/mol. The van der Waals surface area contributed by atoms with Gasteiger partial charge in [0.25, 0.3) is 0 Å². The second kappa shape index (κ2) is 5.21. The lowest BCUT2D eigenvalue weighted by atomic mass is 10.1. The van der Waals surface area contributed by atoms with E-state index in [-0.39, 0.29) is 0 Å². The number of amidine groups is 1. The Bertz CT molecular complexity index is 335. The van der Waals surface area contributed by atoms with Crippen LogP contribution in [0.3, 0.4) is 0 Å². The molecule has 0 aliphatic carbocycles. The molecular formula is C12H16N2S. The third-order valence-electron chi connectivity index (χ3n) is 2.37. The lowest BCUT2D eigenvalue weighted by molar-refractivity contribution is 0.747. The fourth-order valence-electron chi connectivity index (χ4n) is 1.56. The highest BCUT2D eigenvalue weighted by Crippen LogP contribution is 2.25. The minimum Gasteiger partial charge on any atom is -0.357 e. The van der Waals surface area contributed by atoms with E-state index in [1.54, 1.807) is 0 Å². The molecule has 0 spiro atoms. The number of nitrogens with zero attached hydrogens (tertiary/aromatic N) is 1. The Balaban J connectivity index is 1.99. The molecule has 0 saturated carbocycles. The van der Waals surface area contributed by atoms with Gasteiger partial charge in [-0.15, -0.1) is 0 Å². The van der Waals surface area contributed by atoms with E-state index >= 15 is 0 Å². The Labute approximate surface area is 95.2 Å². The van der Waals surface area contributed by atoms with Gasteiger partial charge in [-0.3, -0.25) is 4.99 Å². The summed E-state index contributed by atoms with van der Waals surface area (Å²) in [7, 11) is 0. The number of rotatable bonds is 3. The highest BCUT2D eigenvalue weighted by Gasteiger charge is 2.20. The molecule has 0 radical (unpaired) electrons. The largest absolute Gasteiger partial charge is 0.357 e. The van der Waals surface area contributed by atoms with Crippen molar-refractivity contribution >= 4 is 16.9 Å². The van der Waals surface area contributed by atoms with Gasteiger partial charge < -0.3 is 5.32 Å². The molecule has 1 N–H and O–H groups in total. The molecule has 15 heavy (non-hydrogen) atoms. The van der Waals surface area contributed by atoms with E-state index < -0.39 is 0 Å². The molecule has 1 fully saturated rings. The Morgan fingerprint density at radius 1 is 1.40 bits per heavy atom. The van der Waals surface area contributed by atoms with E-state index in [0.29, 0.717) is 6.04 Å². The van der Waals surface area contributed by atoms with Crippen LogP contribution in [0.1, 0.15) is 24.9 Å². The predicted octanol–water partition coefficient (Wildman–Crippen LogP) is 2.83. The molecule has 0 bridgehead atoms. The van der Waals surface area contributed by atoms with Gasteiger partial charge in [-0.2, -0.15) is 0 Å². The first-order valence-electron chi connectivity index (χ1n) is 5.39. The molecule has 3 heteroatoms. The van der Waals surface area contributed by atoms with Gasteiger partial charge in [0.1, 0.15) is 0 Å². The Morgan fingerprint density at radius 2 is 2.20 bits per heavy atom. The van der Waals surface area contributed by atoms with Crippen LogP contribution < -0.4 is 5.32 Å². The van der Waals surface area contributed by atoms with Crippen LogP contribution >= 0.6 is 11.8 Å². The summed E-state index contributed by atoms with van der Waals surface area (Å²) in [5.41, 5.74) is 1.35. The highest BCUT2D eigenvalue weighted by atomic mass is 32.2. The molecule has 1 aliphatic rings. The Morgan fingerprint density at radius 3 is 2.93 bits per heavy atom. The van der Waals surface area contributed by atoms with Crippen LogP contribution in [-0.4, -0.2) is 17.5 Å². The van der Waals surface area contributed by atoms with Crippen LogP contribution in [0.5, 0.6) is 0 Å². The smallest absolute Gasteiger partial charge is 0.157 e. The third-order valence-corrected chi connectivity index (χ3v) is 3.39. The normalized spacial score (nSPS) is 23.0. The lowest BCUT2D eigenvalue weighted by Gasteiger charge is -2.09. The van der Waals surface area contributed by atoms with Crippen molar-refractivity contribution in [3.63, 3.8) is 0 Å². The number of hydrogen-bond donors (Lipinski definition) is 1. The summed E-state index contributed by atoms with van der Waals surface area (Å²) < 4.78 is 0. The van der Waals surface area contributed by atoms with E-state index in [1.807, 2.05) is 11.8 Å². The van der Waals surface area contributed by atoms with E-state index in [4.69, 9.17) is 0 Å². The minimum atomic E-state index is 0.437. The monoisotopic (exact) mass is 220 g/mol. The van der Waals surface area contributed by atoms with Gasteiger partial charge in [-0.05, 0) is 12.0 Å². The fourth-order valence-corrected chi connectivity index (χ4v) is 2.57. The molecule has 1 aromatic rings. The van der Waals surface area contributed by atoms with Crippen molar-refractivity contribution < 1.29 is 0 Å². The zero-order chi connectivity index (χ0) is 10.5. The molecule has 80 valence electrons. The summed E-state index contributed by atoms with van der Waals surface area (Å²) in [6.45, 7) is 3.08. The molecule has 1 saturated heterocycles. The maximum atomic E-state index is 4.49. The minimum absolute atomic E-state index is 0.437. The van der Waals surface area contributed by atoms with Crippen LogP contribution in [0.25, 0.3) is 0 Å². The Kier molecular flexibility index (Phi) is 3.67. The average molecular weight is 220 g/mol. The van der Waals surface area contributed by atoms with E-state index in [9.17, 15) is 0 Å². The number of benzene rings is 1. The molecule has 0 amide bonds. The first-order valence-corrected chi connectivity index (χ1v) is 6.37. The Hall–Kier alpha value is -0.960. The van der Waals surface area contributed by atoms with Gasteiger partial charge in [0.05, 0.1) is 6.04 Å². The molecule has 2 rings (SSSR count). The molecule has 1 unspecified atom stereocenters. The first-order chi connectivity index (χ1) is 7.40.